The van der Waals surface area contributed by atoms with Crippen molar-refractivity contribution in [2.45, 2.75) is 52.6 Å². The summed E-state index contributed by atoms with van der Waals surface area (Å²) in [5.41, 5.74) is 3.12. The summed E-state index contributed by atoms with van der Waals surface area (Å²) in [6.07, 6.45) is -4.69. The molecular formula is C14H21F3. The van der Waals surface area contributed by atoms with Crippen molar-refractivity contribution in [3.63, 3.8) is 0 Å². The number of benzene rings is 1. The van der Waals surface area contributed by atoms with E-state index < -0.39 is 12.6 Å². The zero-order valence-electron chi connectivity index (χ0n) is 11.2. The van der Waals surface area contributed by atoms with Gasteiger partial charge in [0.15, 0.2) is 0 Å². The van der Waals surface area contributed by atoms with Gasteiger partial charge in [-0.25, -0.2) is 0 Å². The third-order valence-electron chi connectivity index (χ3n) is 2.35. The fourth-order valence-electron chi connectivity index (χ4n) is 1.41. The van der Waals surface area contributed by atoms with Crippen LogP contribution in [0.25, 0.3) is 0 Å². The van der Waals surface area contributed by atoms with E-state index in [0.29, 0.717) is 0 Å². The molecule has 0 aliphatic heterocycles. The first-order valence-electron chi connectivity index (χ1n) is 5.70. The highest BCUT2D eigenvalue weighted by Gasteiger charge is 2.22. The van der Waals surface area contributed by atoms with Gasteiger partial charge in [0.25, 0.3) is 0 Å². The Morgan fingerprint density at radius 1 is 1.00 bits per heavy atom. The van der Waals surface area contributed by atoms with Gasteiger partial charge in [0.05, 0.1) is 0 Å². The normalized spacial score (nSPS) is 11.8. The van der Waals surface area contributed by atoms with E-state index in [4.69, 9.17) is 0 Å². The second-order valence-electron chi connectivity index (χ2n) is 5.03. The lowest BCUT2D eigenvalue weighted by Gasteiger charge is -2.21. The minimum atomic E-state index is -3.96. The Morgan fingerprint density at radius 2 is 1.41 bits per heavy atom. The second-order valence-corrected chi connectivity index (χ2v) is 5.03. The highest BCUT2D eigenvalue weighted by molar-refractivity contribution is 5.31. The van der Waals surface area contributed by atoms with Crippen molar-refractivity contribution in [3.8, 4) is 0 Å². The lowest BCUT2D eigenvalue weighted by Crippen LogP contribution is -2.12. The maximum Gasteiger partial charge on any atom is 0.388 e. The number of hydrogen-bond donors (Lipinski definition) is 0. The van der Waals surface area contributed by atoms with Gasteiger partial charge < -0.3 is 0 Å². The van der Waals surface area contributed by atoms with Crippen LogP contribution in [0.3, 0.4) is 0 Å². The summed E-state index contributed by atoms with van der Waals surface area (Å²) < 4.78 is 32.4. The van der Waals surface area contributed by atoms with Gasteiger partial charge in [0.2, 0.25) is 0 Å². The Hall–Kier alpha value is -0.990. The van der Waals surface area contributed by atoms with E-state index in [1.54, 1.807) is 0 Å². The molecule has 1 rings (SSSR count). The monoisotopic (exact) mass is 246 g/mol. The van der Waals surface area contributed by atoms with Gasteiger partial charge in [-0.1, -0.05) is 52.0 Å². The first-order chi connectivity index (χ1) is 7.58. The van der Waals surface area contributed by atoms with E-state index >= 15 is 0 Å². The van der Waals surface area contributed by atoms with Gasteiger partial charge in [-0.2, -0.15) is 13.2 Å². The zero-order chi connectivity index (χ0) is 13.7. The molecule has 0 bridgehead atoms. The zero-order valence-corrected chi connectivity index (χ0v) is 11.2. The molecule has 0 saturated heterocycles. The van der Waals surface area contributed by atoms with Crippen LogP contribution in [0.4, 0.5) is 13.2 Å². The van der Waals surface area contributed by atoms with Gasteiger partial charge in [0, 0.05) is 6.42 Å². The van der Waals surface area contributed by atoms with Crippen LogP contribution in [0.2, 0.25) is 0 Å². The Balaban J connectivity index is 0.000000366. The lowest BCUT2D eigenvalue weighted by molar-refractivity contribution is -0.130. The average molecular weight is 246 g/mol. The third kappa shape index (κ3) is 7.03. The molecule has 0 heterocycles. The number of halogens is 3. The molecule has 0 N–H and O–H groups in total. The standard InChI is InChI=1S/C11H16.C3H5F3/c1-9-7-5-6-8-10(9)11(2,3)4;1-2-3(4,5)6/h5-8H,1-4H3;2H2,1H3. The molecule has 0 fully saturated rings. The van der Waals surface area contributed by atoms with Gasteiger partial charge >= 0.3 is 6.18 Å². The molecule has 0 atom stereocenters. The summed E-state index contributed by atoms with van der Waals surface area (Å²) in [6.45, 7) is 9.99. The molecule has 0 aliphatic rings. The van der Waals surface area contributed by atoms with Crippen molar-refractivity contribution in [3.05, 3.63) is 35.4 Å². The van der Waals surface area contributed by atoms with Gasteiger partial charge in [-0.3, -0.25) is 0 Å². The van der Waals surface area contributed by atoms with Crippen LogP contribution >= 0.6 is 0 Å². The fourth-order valence-corrected chi connectivity index (χ4v) is 1.41. The maximum atomic E-state index is 10.8. The smallest absolute Gasteiger partial charge is 0.171 e. The predicted octanol–water partition coefficient (Wildman–Crippen LogP) is 5.25. The third-order valence-corrected chi connectivity index (χ3v) is 2.35. The maximum absolute atomic E-state index is 10.8. The molecule has 1 aromatic carbocycles. The van der Waals surface area contributed by atoms with E-state index in [1.807, 2.05) is 0 Å². The summed E-state index contributed by atoms with van der Waals surface area (Å²) >= 11 is 0. The number of rotatable bonds is 0. The molecule has 0 nitrogen and oxygen atoms in total. The van der Waals surface area contributed by atoms with Crippen molar-refractivity contribution in [1.29, 1.82) is 0 Å². The van der Waals surface area contributed by atoms with Gasteiger partial charge in [0.1, 0.15) is 0 Å². The van der Waals surface area contributed by atoms with Gasteiger partial charge in [-0.05, 0) is 23.5 Å². The van der Waals surface area contributed by atoms with E-state index in [1.165, 1.54) is 11.1 Å². The Kier molecular flexibility index (Phi) is 5.73. The molecule has 98 valence electrons. The van der Waals surface area contributed by atoms with E-state index in [2.05, 4.69) is 52.0 Å². The summed E-state index contributed by atoms with van der Waals surface area (Å²) in [5.74, 6) is 0. The van der Waals surface area contributed by atoms with Crippen LogP contribution in [0.15, 0.2) is 24.3 Å². The van der Waals surface area contributed by atoms with Gasteiger partial charge in [-0.15, -0.1) is 0 Å². The van der Waals surface area contributed by atoms with Crippen molar-refractivity contribution in [2.75, 3.05) is 0 Å². The largest absolute Gasteiger partial charge is 0.388 e. The molecule has 0 aromatic heterocycles. The molecule has 0 saturated carbocycles. The number of aryl methyl sites for hydroxylation is 1. The predicted molar refractivity (Wildman–Crippen MR) is 66.2 cm³/mol. The molecule has 0 spiro atoms. The number of alkyl halides is 3. The molecule has 0 aliphatic carbocycles. The summed E-state index contributed by atoms with van der Waals surface area (Å²) in [7, 11) is 0. The van der Waals surface area contributed by atoms with Crippen LogP contribution < -0.4 is 0 Å². The summed E-state index contributed by atoms with van der Waals surface area (Å²) in [6, 6.07) is 8.56. The van der Waals surface area contributed by atoms with Crippen molar-refractivity contribution in [2.24, 2.45) is 0 Å². The SMILES string of the molecule is CCC(F)(F)F.Cc1ccccc1C(C)(C)C. The molecule has 0 radical (unpaired) electrons. The van der Waals surface area contributed by atoms with Crippen molar-refractivity contribution < 1.29 is 13.2 Å². The quantitative estimate of drug-likeness (QED) is 0.586. The molecule has 0 unspecified atom stereocenters. The van der Waals surface area contributed by atoms with Crippen molar-refractivity contribution in [1.82, 2.24) is 0 Å². The van der Waals surface area contributed by atoms with Crippen LogP contribution in [0.5, 0.6) is 0 Å². The minimum absolute atomic E-state index is 0.283. The lowest BCUT2D eigenvalue weighted by atomic mass is 9.84. The molecule has 1 aromatic rings. The molecule has 0 amide bonds. The minimum Gasteiger partial charge on any atom is -0.171 e. The topological polar surface area (TPSA) is 0 Å². The fraction of sp³-hybridized carbons (Fsp3) is 0.571. The summed E-state index contributed by atoms with van der Waals surface area (Å²) in [5, 5.41) is 0. The average Bonchev–Trinajstić information content (AvgIpc) is 2.16. The van der Waals surface area contributed by atoms with E-state index in [9.17, 15) is 13.2 Å². The molecule has 17 heavy (non-hydrogen) atoms. The number of hydrogen-bond acceptors (Lipinski definition) is 0. The first kappa shape index (κ1) is 16.0. The Labute approximate surface area is 102 Å². The van der Waals surface area contributed by atoms with Crippen LogP contribution in [-0.4, -0.2) is 6.18 Å². The van der Waals surface area contributed by atoms with Crippen LogP contribution in [0.1, 0.15) is 45.2 Å². The Bertz CT molecular complexity index is 332. The summed E-state index contributed by atoms with van der Waals surface area (Å²) in [4.78, 5) is 0. The van der Waals surface area contributed by atoms with Crippen LogP contribution in [0, 0.1) is 6.92 Å². The van der Waals surface area contributed by atoms with Crippen molar-refractivity contribution >= 4 is 0 Å². The van der Waals surface area contributed by atoms with E-state index in [-0.39, 0.29) is 5.41 Å². The highest BCUT2D eigenvalue weighted by atomic mass is 19.4. The molecule has 3 heteroatoms. The molecular weight excluding hydrogens is 225 g/mol. The van der Waals surface area contributed by atoms with E-state index in [0.717, 1.165) is 6.92 Å². The van der Waals surface area contributed by atoms with Crippen LogP contribution in [-0.2, 0) is 5.41 Å². The first-order valence-corrected chi connectivity index (χ1v) is 5.70. The second kappa shape index (κ2) is 6.08. The highest BCUT2D eigenvalue weighted by Crippen LogP contribution is 2.24. The Morgan fingerprint density at radius 3 is 1.65 bits per heavy atom.